The second-order valence-electron chi connectivity index (χ2n) is 6.54. The Kier molecular flexibility index (Phi) is 9.59. The van der Waals surface area contributed by atoms with Crippen LogP contribution in [-0.4, -0.2) is 30.6 Å². The smallest absolute Gasteiger partial charge is 0.251 e. The van der Waals surface area contributed by atoms with Gasteiger partial charge in [-0.2, -0.15) is 11.8 Å². The fourth-order valence-corrected chi connectivity index (χ4v) is 4.67. The minimum absolute atomic E-state index is 0.143. The lowest BCUT2D eigenvalue weighted by atomic mass is 10.2. The molecule has 31 heavy (non-hydrogen) atoms. The largest absolute Gasteiger partial charge is 0.493 e. The highest BCUT2D eigenvalue weighted by molar-refractivity contribution is 7.99. The molecule has 0 aliphatic heterocycles. The van der Waals surface area contributed by atoms with E-state index in [1.54, 1.807) is 48.2 Å². The van der Waals surface area contributed by atoms with Gasteiger partial charge in [0.25, 0.3) is 5.91 Å². The molecule has 0 atom stereocenters. The van der Waals surface area contributed by atoms with Crippen molar-refractivity contribution in [3.05, 3.63) is 94.8 Å². The standard InChI is InChI=1S/C24H23ClFNO2S2/c25-22-7-4-8-23(26)21(22)17-30-15-13-27-24(28)18-9-11-19(12-10-18)29-14-16-31-20-5-2-1-3-6-20/h1-12H,13-17H2,(H,27,28). The molecule has 0 fully saturated rings. The minimum Gasteiger partial charge on any atom is -0.493 e. The molecule has 0 aliphatic rings. The maximum Gasteiger partial charge on any atom is 0.251 e. The van der Waals surface area contributed by atoms with Crippen LogP contribution < -0.4 is 10.1 Å². The van der Waals surface area contributed by atoms with Gasteiger partial charge in [-0.1, -0.05) is 35.9 Å². The summed E-state index contributed by atoms with van der Waals surface area (Å²) in [6.45, 7) is 1.08. The number of rotatable bonds is 11. The zero-order valence-electron chi connectivity index (χ0n) is 16.9. The normalized spacial score (nSPS) is 10.6. The van der Waals surface area contributed by atoms with Crippen molar-refractivity contribution in [2.24, 2.45) is 0 Å². The van der Waals surface area contributed by atoms with E-state index in [9.17, 15) is 9.18 Å². The number of nitrogens with one attached hydrogen (secondary N) is 1. The summed E-state index contributed by atoms with van der Waals surface area (Å²) in [7, 11) is 0. The highest BCUT2D eigenvalue weighted by atomic mass is 35.5. The van der Waals surface area contributed by atoms with Gasteiger partial charge in [-0.3, -0.25) is 4.79 Å². The molecule has 0 unspecified atom stereocenters. The number of ether oxygens (including phenoxy) is 1. The second-order valence-corrected chi connectivity index (χ2v) is 9.22. The highest BCUT2D eigenvalue weighted by Gasteiger charge is 2.08. The molecule has 0 saturated carbocycles. The molecule has 162 valence electrons. The van der Waals surface area contributed by atoms with Gasteiger partial charge >= 0.3 is 0 Å². The molecule has 0 bridgehead atoms. The first-order valence-corrected chi connectivity index (χ1v) is 12.3. The summed E-state index contributed by atoms with van der Waals surface area (Å²) < 4.78 is 19.5. The van der Waals surface area contributed by atoms with E-state index >= 15 is 0 Å². The lowest BCUT2D eigenvalue weighted by Gasteiger charge is -2.09. The van der Waals surface area contributed by atoms with Crippen molar-refractivity contribution in [1.29, 1.82) is 0 Å². The Balaban J connectivity index is 1.33. The van der Waals surface area contributed by atoms with Gasteiger partial charge in [0.1, 0.15) is 11.6 Å². The zero-order valence-corrected chi connectivity index (χ0v) is 19.2. The van der Waals surface area contributed by atoms with Crippen molar-refractivity contribution < 1.29 is 13.9 Å². The first-order chi connectivity index (χ1) is 15.1. The number of carbonyl (C=O) groups excluding carboxylic acids is 1. The molecule has 0 saturated heterocycles. The van der Waals surface area contributed by atoms with Crippen LogP contribution in [0.3, 0.4) is 0 Å². The molecular weight excluding hydrogens is 453 g/mol. The number of hydrogen-bond donors (Lipinski definition) is 1. The molecule has 0 aromatic heterocycles. The van der Waals surface area contributed by atoms with Gasteiger partial charge in [0.05, 0.1) is 6.61 Å². The van der Waals surface area contributed by atoms with Crippen LogP contribution in [0.5, 0.6) is 5.75 Å². The minimum atomic E-state index is -0.301. The number of benzene rings is 3. The number of thioether (sulfide) groups is 2. The molecule has 0 aliphatic carbocycles. The summed E-state index contributed by atoms with van der Waals surface area (Å²) in [4.78, 5) is 13.5. The number of amides is 1. The van der Waals surface area contributed by atoms with Crippen molar-refractivity contribution >= 4 is 41.0 Å². The fraction of sp³-hybridized carbons (Fsp3) is 0.208. The summed E-state index contributed by atoms with van der Waals surface area (Å²) >= 11 is 9.28. The van der Waals surface area contributed by atoms with Crippen molar-refractivity contribution in [3.8, 4) is 5.75 Å². The number of hydrogen-bond acceptors (Lipinski definition) is 4. The number of carbonyl (C=O) groups is 1. The van der Waals surface area contributed by atoms with Gasteiger partial charge in [-0.05, 0) is 48.5 Å². The predicted octanol–water partition coefficient (Wildman–Crippen LogP) is 6.31. The van der Waals surface area contributed by atoms with E-state index < -0.39 is 0 Å². The van der Waals surface area contributed by atoms with Crippen LogP contribution in [0.2, 0.25) is 5.02 Å². The summed E-state index contributed by atoms with van der Waals surface area (Å²) in [5, 5.41) is 3.30. The molecular formula is C24H23ClFNO2S2. The van der Waals surface area contributed by atoms with Crippen LogP contribution in [0.1, 0.15) is 15.9 Å². The van der Waals surface area contributed by atoms with Crippen LogP contribution in [0.4, 0.5) is 4.39 Å². The molecule has 7 heteroatoms. The quantitative estimate of drug-likeness (QED) is 0.260. The Morgan fingerprint density at radius 1 is 0.968 bits per heavy atom. The van der Waals surface area contributed by atoms with Gasteiger partial charge in [-0.15, -0.1) is 11.8 Å². The molecule has 3 nitrogen and oxygen atoms in total. The third-order valence-electron chi connectivity index (χ3n) is 4.32. The number of halogens is 2. The molecule has 0 spiro atoms. The predicted molar refractivity (Wildman–Crippen MR) is 129 cm³/mol. The van der Waals surface area contributed by atoms with Crippen molar-refractivity contribution in [2.45, 2.75) is 10.6 Å². The maximum absolute atomic E-state index is 13.7. The van der Waals surface area contributed by atoms with E-state index in [2.05, 4.69) is 17.4 Å². The molecule has 3 aromatic carbocycles. The molecule has 3 aromatic rings. The van der Waals surface area contributed by atoms with Gasteiger partial charge in [0, 0.05) is 44.8 Å². The van der Waals surface area contributed by atoms with Crippen molar-refractivity contribution in [1.82, 2.24) is 5.32 Å². The first kappa shape index (κ1) is 23.5. The summed E-state index contributed by atoms with van der Waals surface area (Å²) in [6.07, 6.45) is 0. The molecule has 0 heterocycles. The van der Waals surface area contributed by atoms with Crippen LogP contribution in [0.25, 0.3) is 0 Å². The van der Waals surface area contributed by atoms with E-state index in [0.717, 1.165) is 11.5 Å². The fourth-order valence-electron chi connectivity index (χ4n) is 2.72. The zero-order chi connectivity index (χ0) is 21.9. The molecule has 0 radical (unpaired) electrons. The lowest BCUT2D eigenvalue weighted by molar-refractivity contribution is 0.0956. The molecule has 1 N–H and O–H groups in total. The van der Waals surface area contributed by atoms with E-state index in [0.29, 0.717) is 40.8 Å². The van der Waals surface area contributed by atoms with E-state index in [-0.39, 0.29) is 11.7 Å². The Morgan fingerprint density at radius 3 is 2.48 bits per heavy atom. The Bertz CT molecular complexity index is 951. The van der Waals surface area contributed by atoms with E-state index in [1.807, 2.05) is 18.2 Å². The van der Waals surface area contributed by atoms with Crippen LogP contribution in [0.15, 0.2) is 77.7 Å². The lowest BCUT2D eigenvalue weighted by Crippen LogP contribution is -2.25. The molecule has 1 amide bonds. The third-order valence-corrected chi connectivity index (χ3v) is 6.64. The SMILES string of the molecule is O=C(NCCSCc1c(F)cccc1Cl)c1ccc(OCCSc2ccccc2)cc1. The van der Waals surface area contributed by atoms with E-state index in [4.69, 9.17) is 16.3 Å². The van der Waals surface area contributed by atoms with Gasteiger partial charge < -0.3 is 10.1 Å². The summed E-state index contributed by atoms with van der Waals surface area (Å²) in [5.74, 6) is 2.28. The monoisotopic (exact) mass is 475 g/mol. The Morgan fingerprint density at radius 2 is 1.74 bits per heavy atom. The average molecular weight is 476 g/mol. The summed E-state index contributed by atoms with van der Waals surface area (Å²) in [6, 6.07) is 22.0. The Labute approximate surface area is 195 Å². The highest BCUT2D eigenvalue weighted by Crippen LogP contribution is 2.23. The maximum atomic E-state index is 13.7. The topological polar surface area (TPSA) is 38.3 Å². The van der Waals surface area contributed by atoms with Gasteiger partial charge in [0.15, 0.2) is 0 Å². The van der Waals surface area contributed by atoms with E-state index in [1.165, 1.54) is 22.7 Å². The van der Waals surface area contributed by atoms with Crippen LogP contribution in [0, 0.1) is 5.82 Å². The Hall–Kier alpha value is -2.15. The summed E-state index contributed by atoms with van der Waals surface area (Å²) in [5.41, 5.74) is 1.08. The first-order valence-electron chi connectivity index (χ1n) is 9.83. The van der Waals surface area contributed by atoms with Crippen molar-refractivity contribution in [3.63, 3.8) is 0 Å². The average Bonchev–Trinajstić information content (AvgIpc) is 2.79. The molecule has 3 rings (SSSR count). The van der Waals surface area contributed by atoms with Crippen LogP contribution >= 0.6 is 35.1 Å². The van der Waals surface area contributed by atoms with Crippen molar-refractivity contribution in [2.75, 3.05) is 24.7 Å². The van der Waals surface area contributed by atoms with Crippen LogP contribution in [-0.2, 0) is 5.75 Å². The van der Waals surface area contributed by atoms with Gasteiger partial charge in [-0.25, -0.2) is 4.39 Å². The van der Waals surface area contributed by atoms with Gasteiger partial charge in [0.2, 0.25) is 0 Å². The second kappa shape index (κ2) is 12.6. The third kappa shape index (κ3) is 7.80.